The molecule has 2 aliphatic heterocycles. The molecule has 3 rings (SSSR count). The Hall–Kier alpha value is -2.37. The smallest absolute Gasteiger partial charge is 0.315 e. The summed E-state index contributed by atoms with van der Waals surface area (Å²) >= 11 is 0. The SMILES string of the molecule is CCOC(=O)C(CN1CC[C@H](CCCC(C)=O)C1=O)c1ccc2c(c1)OCC2. The van der Waals surface area contributed by atoms with Crippen molar-refractivity contribution >= 4 is 17.7 Å². The Morgan fingerprint density at radius 3 is 2.93 bits per heavy atom. The minimum atomic E-state index is -0.519. The highest BCUT2D eigenvalue weighted by atomic mass is 16.5. The van der Waals surface area contributed by atoms with E-state index in [1.165, 1.54) is 0 Å². The van der Waals surface area contributed by atoms with E-state index in [-0.39, 0.29) is 23.6 Å². The van der Waals surface area contributed by atoms with Crippen LogP contribution in [0.1, 0.15) is 56.6 Å². The van der Waals surface area contributed by atoms with Crippen LogP contribution in [0.15, 0.2) is 18.2 Å². The van der Waals surface area contributed by atoms with Crippen LogP contribution in [0.5, 0.6) is 5.75 Å². The van der Waals surface area contributed by atoms with Gasteiger partial charge in [-0.2, -0.15) is 0 Å². The summed E-state index contributed by atoms with van der Waals surface area (Å²) in [6.07, 6.45) is 3.64. The first-order chi connectivity index (χ1) is 13.5. The second-order valence-electron chi connectivity index (χ2n) is 7.63. The molecule has 1 aromatic rings. The summed E-state index contributed by atoms with van der Waals surface area (Å²) < 4.78 is 10.9. The molecule has 6 heteroatoms. The molecule has 0 radical (unpaired) electrons. The lowest BCUT2D eigenvalue weighted by Gasteiger charge is -2.23. The van der Waals surface area contributed by atoms with Crippen molar-refractivity contribution in [2.24, 2.45) is 5.92 Å². The van der Waals surface area contributed by atoms with Gasteiger partial charge in [0, 0.05) is 31.8 Å². The van der Waals surface area contributed by atoms with Gasteiger partial charge in [0.05, 0.1) is 19.1 Å². The number of hydrogen-bond donors (Lipinski definition) is 0. The molecule has 0 spiro atoms. The van der Waals surface area contributed by atoms with E-state index in [4.69, 9.17) is 9.47 Å². The molecule has 2 heterocycles. The van der Waals surface area contributed by atoms with Crippen molar-refractivity contribution in [2.45, 2.75) is 51.9 Å². The van der Waals surface area contributed by atoms with Crippen molar-refractivity contribution in [3.63, 3.8) is 0 Å². The molecule has 2 atom stereocenters. The van der Waals surface area contributed by atoms with Crippen molar-refractivity contribution in [3.8, 4) is 5.75 Å². The Kier molecular flexibility index (Phi) is 6.70. The second kappa shape index (κ2) is 9.22. The van der Waals surface area contributed by atoms with Crippen LogP contribution in [0, 0.1) is 5.92 Å². The van der Waals surface area contributed by atoms with Crippen molar-refractivity contribution in [2.75, 3.05) is 26.3 Å². The van der Waals surface area contributed by atoms with E-state index < -0.39 is 5.92 Å². The fourth-order valence-corrected chi connectivity index (χ4v) is 4.03. The number of carbonyl (C=O) groups excluding carboxylic acids is 3. The van der Waals surface area contributed by atoms with Crippen LogP contribution in [0.2, 0.25) is 0 Å². The molecule has 6 nitrogen and oxygen atoms in total. The summed E-state index contributed by atoms with van der Waals surface area (Å²) in [5.74, 6) is 0.175. The van der Waals surface area contributed by atoms with Crippen molar-refractivity contribution in [1.29, 1.82) is 0 Å². The maximum absolute atomic E-state index is 12.8. The average Bonchev–Trinajstić information content (AvgIpc) is 3.26. The molecular formula is C22H29NO5. The zero-order chi connectivity index (χ0) is 20.1. The Bertz CT molecular complexity index is 744. The summed E-state index contributed by atoms with van der Waals surface area (Å²) in [4.78, 5) is 38.3. The first kappa shape index (κ1) is 20.4. The van der Waals surface area contributed by atoms with Crippen LogP contribution in [-0.4, -0.2) is 48.9 Å². The number of rotatable bonds is 9. The molecule has 2 aliphatic rings. The van der Waals surface area contributed by atoms with E-state index in [0.717, 1.165) is 42.6 Å². The van der Waals surface area contributed by atoms with Crippen molar-refractivity contribution < 1.29 is 23.9 Å². The highest BCUT2D eigenvalue weighted by Gasteiger charge is 2.35. The lowest BCUT2D eigenvalue weighted by atomic mass is 9.96. The molecule has 0 N–H and O–H groups in total. The van der Waals surface area contributed by atoms with Gasteiger partial charge >= 0.3 is 5.97 Å². The minimum Gasteiger partial charge on any atom is -0.493 e. The second-order valence-corrected chi connectivity index (χ2v) is 7.63. The lowest BCUT2D eigenvalue weighted by molar-refractivity contribution is -0.146. The summed E-state index contributed by atoms with van der Waals surface area (Å²) in [7, 11) is 0. The summed E-state index contributed by atoms with van der Waals surface area (Å²) in [5, 5.41) is 0. The molecule has 1 amide bonds. The molecule has 28 heavy (non-hydrogen) atoms. The largest absolute Gasteiger partial charge is 0.493 e. The predicted molar refractivity (Wildman–Crippen MR) is 104 cm³/mol. The van der Waals surface area contributed by atoms with Crippen LogP contribution >= 0.6 is 0 Å². The van der Waals surface area contributed by atoms with Gasteiger partial charge in [0.1, 0.15) is 11.5 Å². The quantitative estimate of drug-likeness (QED) is 0.609. The van der Waals surface area contributed by atoms with E-state index in [0.29, 0.717) is 32.7 Å². The van der Waals surface area contributed by atoms with Gasteiger partial charge < -0.3 is 19.2 Å². The molecule has 1 aromatic carbocycles. The molecule has 152 valence electrons. The topological polar surface area (TPSA) is 72.9 Å². The first-order valence-electron chi connectivity index (χ1n) is 10.2. The number of ketones is 1. The van der Waals surface area contributed by atoms with Crippen LogP contribution in [0.4, 0.5) is 0 Å². The third kappa shape index (κ3) is 4.72. The molecule has 0 aliphatic carbocycles. The summed E-state index contributed by atoms with van der Waals surface area (Å²) in [6, 6.07) is 5.86. The zero-order valence-electron chi connectivity index (χ0n) is 16.7. The Morgan fingerprint density at radius 2 is 2.18 bits per heavy atom. The molecule has 1 saturated heterocycles. The predicted octanol–water partition coefficient (Wildman–Crippen LogP) is 2.88. The summed E-state index contributed by atoms with van der Waals surface area (Å²) in [5.41, 5.74) is 1.97. The van der Waals surface area contributed by atoms with E-state index >= 15 is 0 Å². The number of carbonyl (C=O) groups is 3. The molecule has 0 saturated carbocycles. The normalized spacial score (nSPS) is 19.3. The van der Waals surface area contributed by atoms with Gasteiger partial charge in [0.2, 0.25) is 5.91 Å². The molecule has 0 aromatic heterocycles. The number of fused-ring (bicyclic) bond motifs is 1. The number of amides is 1. The average molecular weight is 387 g/mol. The number of hydrogen-bond acceptors (Lipinski definition) is 5. The molecule has 1 fully saturated rings. The van der Waals surface area contributed by atoms with Gasteiger partial charge in [-0.25, -0.2) is 0 Å². The zero-order valence-corrected chi connectivity index (χ0v) is 16.7. The van der Waals surface area contributed by atoms with Gasteiger partial charge in [0.15, 0.2) is 0 Å². The number of ether oxygens (including phenoxy) is 2. The highest BCUT2D eigenvalue weighted by molar-refractivity contribution is 5.83. The fraction of sp³-hybridized carbons (Fsp3) is 0.591. The van der Waals surface area contributed by atoms with Gasteiger partial charge in [-0.3, -0.25) is 9.59 Å². The van der Waals surface area contributed by atoms with Gasteiger partial charge in [-0.1, -0.05) is 12.1 Å². The lowest BCUT2D eigenvalue weighted by Crippen LogP contribution is -2.35. The number of benzene rings is 1. The van der Waals surface area contributed by atoms with Crippen molar-refractivity contribution in [1.82, 2.24) is 4.90 Å². The summed E-state index contributed by atoms with van der Waals surface area (Å²) in [6.45, 7) is 5.29. The molecule has 1 unspecified atom stereocenters. The maximum atomic E-state index is 12.8. The molecule has 0 bridgehead atoms. The Morgan fingerprint density at radius 1 is 1.36 bits per heavy atom. The third-order valence-electron chi connectivity index (χ3n) is 5.59. The van der Waals surface area contributed by atoms with Crippen LogP contribution in [0.25, 0.3) is 0 Å². The minimum absolute atomic E-state index is 0.0504. The fourth-order valence-electron chi connectivity index (χ4n) is 4.03. The molecular weight excluding hydrogens is 358 g/mol. The van der Waals surface area contributed by atoms with E-state index in [9.17, 15) is 14.4 Å². The van der Waals surface area contributed by atoms with Gasteiger partial charge in [-0.05, 0) is 50.3 Å². The number of likely N-dealkylation sites (tertiary alicyclic amines) is 1. The monoisotopic (exact) mass is 387 g/mol. The Balaban J connectivity index is 1.69. The van der Waals surface area contributed by atoms with Gasteiger partial charge in [0.25, 0.3) is 0 Å². The van der Waals surface area contributed by atoms with Crippen molar-refractivity contribution in [3.05, 3.63) is 29.3 Å². The first-order valence-corrected chi connectivity index (χ1v) is 10.2. The number of esters is 1. The van der Waals surface area contributed by atoms with Crippen LogP contribution in [-0.2, 0) is 25.5 Å². The van der Waals surface area contributed by atoms with Crippen LogP contribution in [0.3, 0.4) is 0 Å². The maximum Gasteiger partial charge on any atom is 0.315 e. The number of Topliss-reactive ketones (excluding diaryl/α,β-unsaturated/α-hetero) is 1. The van der Waals surface area contributed by atoms with Crippen LogP contribution < -0.4 is 4.74 Å². The van der Waals surface area contributed by atoms with E-state index in [1.54, 1.807) is 18.7 Å². The standard InChI is InChI=1S/C22H29NO5/c1-3-27-22(26)19(18-8-7-16-10-12-28-20(16)13-18)14-23-11-9-17(21(23)25)6-4-5-15(2)24/h7-8,13,17,19H,3-6,9-12,14H2,1-2H3/t17-,19?/m0/s1. The van der Waals surface area contributed by atoms with Gasteiger partial charge in [-0.15, -0.1) is 0 Å². The third-order valence-corrected chi connectivity index (χ3v) is 5.59. The van der Waals surface area contributed by atoms with E-state index in [2.05, 4.69) is 0 Å². The Labute approximate surface area is 166 Å². The number of nitrogens with zero attached hydrogens (tertiary/aromatic N) is 1. The van der Waals surface area contributed by atoms with E-state index in [1.807, 2.05) is 18.2 Å². The highest BCUT2D eigenvalue weighted by Crippen LogP contribution is 2.32.